The van der Waals surface area contributed by atoms with Crippen molar-refractivity contribution in [2.75, 3.05) is 25.0 Å². The highest BCUT2D eigenvalue weighted by atomic mass is 16.4. The average molecular weight is 404 g/mol. The van der Waals surface area contributed by atoms with E-state index in [1.54, 1.807) is 11.9 Å². The summed E-state index contributed by atoms with van der Waals surface area (Å²) in [5.41, 5.74) is 2.73. The van der Waals surface area contributed by atoms with Crippen molar-refractivity contribution < 1.29 is 14.7 Å². The number of anilines is 1. The lowest BCUT2D eigenvalue weighted by Crippen LogP contribution is -2.42. The number of aromatic carboxylic acids is 1. The molecule has 0 unspecified atom stereocenters. The fourth-order valence-corrected chi connectivity index (χ4v) is 3.04. The van der Waals surface area contributed by atoms with Gasteiger partial charge in [0.05, 0.1) is 5.56 Å². The molecule has 0 aliphatic rings. The van der Waals surface area contributed by atoms with Gasteiger partial charge in [0.25, 0.3) is 0 Å². The second-order valence-electron chi connectivity index (χ2n) is 6.80. The van der Waals surface area contributed by atoms with E-state index in [1.165, 1.54) is 18.0 Å². The second-order valence-corrected chi connectivity index (χ2v) is 6.80. The molecule has 7 nitrogen and oxygen atoms in total. The van der Waals surface area contributed by atoms with Gasteiger partial charge in [0.2, 0.25) is 0 Å². The van der Waals surface area contributed by atoms with Crippen LogP contribution in [-0.2, 0) is 6.42 Å². The van der Waals surface area contributed by atoms with E-state index >= 15 is 0 Å². The van der Waals surface area contributed by atoms with Gasteiger partial charge in [-0.15, -0.1) is 0 Å². The number of hydrogen-bond acceptors (Lipinski definition) is 4. The molecule has 0 radical (unpaired) electrons. The van der Waals surface area contributed by atoms with E-state index in [2.05, 4.69) is 22.1 Å². The lowest BCUT2D eigenvalue weighted by molar-refractivity contribution is 0.0696. The third-order valence-corrected chi connectivity index (χ3v) is 4.86. The first-order valence-electron chi connectivity index (χ1n) is 9.72. The average Bonchev–Trinajstić information content (AvgIpc) is 2.79. The third kappa shape index (κ3) is 5.00. The van der Waals surface area contributed by atoms with Crippen molar-refractivity contribution in [2.45, 2.75) is 13.3 Å². The van der Waals surface area contributed by atoms with Crippen LogP contribution in [0.1, 0.15) is 22.8 Å². The number of carbonyl (C=O) groups is 2. The fraction of sp³-hybridized carbons (Fsp3) is 0.217. The van der Waals surface area contributed by atoms with E-state index < -0.39 is 5.97 Å². The Labute approximate surface area is 175 Å². The topological polar surface area (TPSA) is 86.6 Å². The number of benzene rings is 2. The first-order chi connectivity index (χ1) is 14.5. The molecule has 7 heteroatoms. The van der Waals surface area contributed by atoms with Crippen LogP contribution in [-0.4, -0.2) is 52.1 Å². The Morgan fingerprint density at radius 2 is 1.60 bits per heavy atom. The van der Waals surface area contributed by atoms with E-state index in [9.17, 15) is 9.59 Å². The van der Waals surface area contributed by atoms with Crippen molar-refractivity contribution in [1.29, 1.82) is 0 Å². The number of carboxylic acid groups (broad SMARTS) is 1. The summed E-state index contributed by atoms with van der Waals surface area (Å²) in [7, 11) is 1.75. The van der Waals surface area contributed by atoms with Crippen LogP contribution >= 0.6 is 0 Å². The van der Waals surface area contributed by atoms with Crippen molar-refractivity contribution in [2.24, 2.45) is 0 Å². The minimum atomic E-state index is -1.07. The number of hydrogen-bond donors (Lipinski definition) is 1. The van der Waals surface area contributed by atoms with Crippen LogP contribution in [0.25, 0.3) is 11.4 Å². The molecule has 1 aromatic heterocycles. The van der Waals surface area contributed by atoms with Crippen molar-refractivity contribution in [3.8, 4) is 11.4 Å². The van der Waals surface area contributed by atoms with Crippen LogP contribution in [0.15, 0.2) is 67.0 Å². The first-order valence-corrected chi connectivity index (χ1v) is 9.72. The van der Waals surface area contributed by atoms with Gasteiger partial charge in [-0.1, -0.05) is 30.3 Å². The maximum atomic E-state index is 12.9. The lowest BCUT2D eigenvalue weighted by Gasteiger charge is -2.27. The predicted molar refractivity (Wildman–Crippen MR) is 116 cm³/mol. The van der Waals surface area contributed by atoms with Crippen molar-refractivity contribution in [3.05, 3.63) is 78.1 Å². The van der Waals surface area contributed by atoms with Gasteiger partial charge in [-0.2, -0.15) is 0 Å². The van der Waals surface area contributed by atoms with Gasteiger partial charge in [0.1, 0.15) is 0 Å². The van der Waals surface area contributed by atoms with Crippen LogP contribution in [0.4, 0.5) is 10.5 Å². The van der Waals surface area contributed by atoms with E-state index in [1.807, 2.05) is 54.3 Å². The highest BCUT2D eigenvalue weighted by Gasteiger charge is 2.18. The molecule has 1 N–H and O–H groups in total. The van der Waals surface area contributed by atoms with E-state index in [0.717, 1.165) is 17.7 Å². The minimum absolute atomic E-state index is 0.0378. The molecular formula is C23H24N4O3. The molecular weight excluding hydrogens is 380 g/mol. The molecule has 0 atom stereocenters. The third-order valence-electron chi connectivity index (χ3n) is 4.86. The summed E-state index contributed by atoms with van der Waals surface area (Å²) in [4.78, 5) is 35.5. The number of urea groups is 1. The maximum Gasteiger partial charge on any atom is 0.338 e. The second kappa shape index (κ2) is 9.65. The minimum Gasteiger partial charge on any atom is -0.478 e. The van der Waals surface area contributed by atoms with Gasteiger partial charge in [0, 0.05) is 43.8 Å². The van der Waals surface area contributed by atoms with Gasteiger partial charge in [-0.25, -0.2) is 19.6 Å². The zero-order chi connectivity index (χ0) is 21.5. The van der Waals surface area contributed by atoms with E-state index in [4.69, 9.17) is 5.11 Å². The summed E-state index contributed by atoms with van der Waals surface area (Å²) in [6, 6.07) is 17.3. The first kappa shape index (κ1) is 21.0. The Bertz CT molecular complexity index is 989. The Morgan fingerprint density at radius 3 is 2.17 bits per heavy atom. The monoisotopic (exact) mass is 404 g/mol. The van der Waals surface area contributed by atoms with Gasteiger partial charge in [-0.3, -0.25) is 4.90 Å². The van der Waals surface area contributed by atoms with Crippen LogP contribution in [0.2, 0.25) is 0 Å². The molecule has 3 aromatic rings. The van der Waals surface area contributed by atoms with E-state index in [-0.39, 0.29) is 11.6 Å². The summed E-state index contributed by atoms with van der Waals surface area (Å²) < 4.78 is 0. The molecule has 0 aliphatic heterocycles. The number of carboxylic acids is 1. The number of aromatic nitrogens is 2. The molecule has 30 heavy (non-hydrogen) atoms. The predicted octanol–water partition coefficient (Wildman–Crippen LogP) is 3.96. The van der Waals surface area contributed by atoms with Gasteiger partial charge < -0.3 is 10.0 Å². The molecule has 154 valence electrons. The molecule has 0 spiro atoms. The number of carbonyl (C=O) groups excluding carboxylic acids is 1. The Balaban J connectivity index is 1.66. The molecule has 0 saturated heterocycles. The van der Waals surface area contributed by atoms with Crippen LogP contribution < -0.4 is 4.90 Å². The summed E-state index contributed by atoms with van der Waals surface area (Å²) >= 11 is 0. The van der Waals surface area contributed by atoms with E-state index in [0.29, 0.717) is 18.9 Å². The van der Waals surface area contributed by atoms with Crippen LogP contribution in [0, 0.1) is 0 Å². The summed E-state index contributed by atoms with van der Waals surface area (Å²) in [6.07, 6.45) is 3.36. The molecule has 1 heterocycles. The number of amides is 2. The van der Waals surface area contributed by atoms with Crippen molar-refractivity contribution in [3.63, 3.8) is 0 Å². The Kier molecular flexibility index (Phi) is 6.75. The summed E-state index contributed by atoms with van der Waals surface area (Å²) in [6.45, 7) is 3.24. The Morgan fingerprint density at radius 1 is 0.967 bits per heavy atom. The summed E-state index contributed by atoms with van der Waals surface area (Å²) in [5, 5.41) is 8.94. The SMILES string of the molecule is CCN(CCc1ccccc1)C(=O)N(C)c1ccc(-c2ncc(C(=O)O)cn2)cc1. The molecule has 3 rings (SSSR count). The zero-order valence-electron chi connectivity index (χ0n) is 17.0. The number of rotatable bonds is 7. The smallest absolute Gasteiger partial charge is 0.338 e. The quantitative estimate of drug-likeness (QED) is 0.644. The van der Waals surface area contributed by atoms with Gasteiger partial charge in [-0.05, 0) is 43.2 Å². The van der Waals surface area contributed by atoms with Gasteiger partial charge >= 0.3 is 12.0 Å². The highest BCUT2D eigenvalue weighted by molar-refractivity contribution is 5.91. The lowest BCUT2D eigenvalue weighted by atomic mass is 10.1. The van der Waals surface area contributed by atoms with Crippen LogP contribution in [0.3, 0.4) is 0 Å². The molecule has 0 bridgehead atoms. The number of nitrogens with zero attached hydrogens (tertiary/aromatic N) is 4. The number of likely N-dealkylation sites (N-methyl/N-ethyl adjacent to an activating group) is 1. The van der Waals surface area contributed by atoms with Crippen LogP contribution in [0.5, 0.6) is 0 Å². The maximum absolute atomic E-state index is 12.9. The van der Waals surface area contributed by atoms with Gasteiger partial charge in [0.15, 0.2) is 5.82 Å². The highest BCUT2D eigenvalue weighted by Crippen LogP contribution is 2.21. The zero-order valence-corrected chi connectivity index (χ0v) is 17.0. The molecule has 2 aromatic carbocycles. The molecule has 0 saturated carbocycles. The fourth-order valence-electron chi connectivity index (χ4n) is 3.04. The standard InChI is InChI=1S/C23H24N4O3/c1-3-27(14-13-17-7-5-4-6-8-17)23(30)26(2)20-11-9-18(10-12-20)21-24-15-19(16-25-21)22(28)29/h4-12,15-16H,3,13-14H2,1-2H3,(H,28,29). The largest absolute Gasteiger partial charge is 0.478 e. The normalized spacial score (nSPS) is 10.5. The Hall–Kier alpha value is -3.74. The van der Waals surface area contributed by atoms with Crippen molar-refractivity contribution in [1.82, 2.24) is 14.9 Å². The molecule has 0 fully saturated rings. The summed E-state index contributed by atoms with van der Waals surface area (Å²) in [5.74, 6) is -0.636. The molecule has 2 amide bonds. The molecule has 0 aliphatic carbocycles. The van der Waals surface area contributed by atoms with Crippen molar-refractivity contribution >= 4 is 17.7 Å².